The largest absolute Gasteiger partial charge is 0.326 e. The zero-order chi connectivity index (χ0) is 16.5. The maximum Gasteiger partial charge on any atom is 0.224 e. The lowest BCUT2D eigenvalue weighted by Gasteiger charge is -2.34. The van der Waals surface area contributed by atoms with Gasteiger partial charge in [0.25, 0.3) is 0 Å². The lowest BCUT2D eigenvalue weighted by Crippen LogP contribution is -2.45. The lowest BCUT2D eigenvalue weighted by atomic mass is 10.1. The molecule has 1 saturated heterocycles. The molecule has 1 heterocycles. The molecule has 2 N–H and O–H groups in total. The normalized spacial score (nSPS) is 16.4. The summed E-state index contributed by atoms with van der Waals surface area (Å²) in [7, 11) is 1.90. The predicted molar refractivity (Wildman–Crippen MR) is 95.6 cm³/mol. The van der Waals surface area contributed by atoms with Gasteiger partial charge >= 0.3 is 0 Å². The predicted octanol–water partition coefficient (Wildman–Crippen LogP) is 1.76. The molecular formula is C18H30N4O. The Labute approximate surface area is 140 Å². The number of hydrogen-bond donors (Lipinski definition) is 2. The number of carbonyl (C=O) groups is 1. The van der Waals surface area contributed by atoms with Crippen LogP contribution in [0.3, 0.4) is 0 Å². The van der Waals surface area contributed by atoms with E-state index in [0.717, 1.165) is 57.9 Å². The van der Waals surface area contributed by atoms with Crippen molar-refractivity contribution in [3.63, 3.8) is 0 Å². The Morgan fingerprint density at radius 1 is 1.09 bits per heavy atom. The number of anilines is 1. The van der Waals surface area contributed by atoms with Crippen molar-refractivity contribution in [2.45, 2.75) is 26.3 Å². The van der Waals surface area contributed by atoms with Crippen LogP contribution in [0, 0.1) is 0 Å². The Morgan fingerprint density at radius 3 is 2.35 bits per heavy atom. The van der Waals surface area contributed by atoms with E-state index >= 15 is 0 Å². The molecule has 1 aliphatic heterocycles. The Bertz CT molecular complexity index is 466. The summed E-state index contributed by atoms with van der Waals surface area (Å²) >= 11 is 0. The van der Waals surface area contributed by atoms with Gasteiger partial charge < -0.3 is 15.5 Å². The van der Waals surface area contributed by atoms with Crippen molar-refractivity contribution in [3.05, 3.63) is 29.8 Å². The van der Waals surface area contributed by atoms with Crippen molar-refractivity contribution in [2.24, 2.45) is 0 Å². The van der Waals surface area contributed by atoms with E-state index in [0.29, 0.717) is 6.42 Å². The van der Waals surface area contributed by atoms with Crippen LogP contribution >= 0.6 is 0 Å². The number of likely N-dealkylation sites (N-methyl/N-ethyl adjacent to an activating group) is 1. The molecule has 1 aliphatic rings. The van der Waals surface area contributed by atoms with Gasteiger partial charge in [-0.15, -0.1) is 0 Å². The average molecular weight is 318 g/mol. The zero-order valence-corrected chi connectivity index (χ0v) is 14.5. The first-order valence-electron chi connectivity index (χ1n) is 8.69. The molecule has 0 aliphatic carbocycles. The van der Waals surface area contributed by atoms with Gasteiger partial charge in [-0.1, -0.05) is 19.1 Å². The summed E-state index contributed by atoms with van der Waals surface area (Å²) in [5, 5.41) is 6.01. The second kappa shape index (κ2) is 9.65. The third-order valence-corrected chi connectivity index (χ3v) is 4.39. The van der Waals surface area contributed by atoms with Crippen molar-refractivity contribution in [1.29, 1.82) is 0 Å². The van der Waals surface area contributed by atoms with Crippen molar-refractivity contribution < 1.29 is 4.79 Å². The van der Waals surface area contributed by atoms with E-state index in [9.17, 15) is 4.79 Å². The van der Waals surface area contributed by atoms with Crippen LogP contribution < -0.4 is 10.6 Å². The number of hydrogen-bond acceptors (Lipinski definition) is 4. The lowest BCUT2D eigenvalue weighted by molar-refractivity contribution is -0.116. The van der Waals surface area contributed by atoms with Crippen molar-refractivity contribution in [2.75, 3.05) is 51.6 Å². The first-order valence-corrected chi connectivity index (χ1v) is 8.69. The fourth-order valence-corrected chi connectivity index (χ4v) is 2.86. The number of carbonyl (C=O) groups excluding carboxylic acids is 1. The molecule has 0 spiro atoms. The van der Waals surface area contributed by atoms with Crippen molar-refractivity contribution >= 4 is 11.6 Å². The summed E-state index contributed by atoms with van der Waals surface area (Å²) in [4.78, 5) is 16.8. The molecule has 1 aromatic rings. The van der Waals surface area contributed by atoms with Crippen LogP contribution in [-0.2, 0) is 11.3 Å². The van der Waals surface area contributed by atoms with Gasteiger partial charge in [0.15, 0.2) is 0 Å². The summed E-state index contributed by atoms with van der Waals surface area (Å²) in [5.74, 6) is 0.0867. The van der Waals surface area contributed by atoms with Crippen molar-refractivity contribution in [1.82, 2.24) is 15.1 Å². The van der Waals surface area contributed by atoms with Gasteiger partial charge in [-0.05, 0) is 44.3 Å². The van der Waals surface area contributed by atoms with Gasteiger partial charge in [-0.25, -0.2) is 0 Å². The maximum atomic E-state index is 11.8. The summed E-state index contributed by atoms with van der Waals surface area (Å²) < 4.78 is 0. The second-order valence-electron chi connectivity index (χ2n) is 6.16. The summed E-state index contributed by atoms with van der Waals surface area (Å²) in [6.45, 7) is 9.84. The Hall–Kier alpha value is -1.43. The van der Waals surface area contributed by atoms with Crippen LogP contribution in [0.4, 0.5) is 5.69 Å². The fourth-order valence-electron chi connectivity index (χ4n) is 2.86. The van der Waals surface area contributed by atoms with E-state index in [4.69, 9.17) is 0 Å². The topological polar surface area (TPSA) is 47.6 Å². The van der Waals surface area contributed by atoms with Crippen molar-refractivity contribution in [3.8, 4) is 0 Å². The molecule has 128 valence electrons. The minimum atomic E-state index is 0.0867. The van der Waals surface area contributed by atoms with E-state index in [1.165, 1.54) is 5.56 Å². The SMILES string of the molecule is CCN1CCN(Cc2ccc(NC(=O)CCCNC)cc2)CC1. The molecule has 1 amide bonds. The minimum absolute atomic E-state index is 0.0867. The minimum Gasteiger partial charge on any atom is -0.326 e. The van der Waals surface area contributed by atoms with E-state index < -0.39 is 0 Å². The highest BCUT2D eigenvalue weighted by atomic mass is 16.1. The Kier molecular flexibility index (Phi) is 7.52. The first kappa shape index (κ1) is 17.9. The summed E-state index contributed by atoms with van der Waals surface area (Å²) in [5.41, 5.74) is 2.20. The molecule has 0 unspecified atom stereocenters. The first-order chi connectivity index (χ1) is 11.2. The van der Waals surface area contributed by atoms with Crippen LogP contribution in [0.25, 0.3) is 0 Å². The monoisotopic (exact) mass is 318 g/mol. The Morgan fingerprint density at radius 2 is 1.74 bits per heavy atom. The van der Waals surface area contributed by atoms with Gasteiger partial charge in [0.1, 0.15) is 0 Å². The molecule has 0 saturated carbocycles. The maximum absolute atomic E-state index is 11.8. The van der Waals surface area contributed by atoms with Crippen LogP contribution in [0.2, 0.25) is 0 Å². The van der Waals surface area contributed by atoms with Crippen LogP contribution in [0.5, 0.6) is 0 Å². The molecule has 2 rings (SSSR count). The molecule has 0 bridgehead atoms. The van der Waals surface area contributed by atoms with Gasteiger partial charge in [0.2, 0.25) is 5.91 Å². The van der Waals surface area contributed by atoms with E-state index in [-0.39, 0.29) is 5.91 Å². The zero-order valence-electron chi connectivity index (χ0n) is 14.5. The van der Waals surface area contributed by atoms with Crippen LogP contribution in [0.15, 0.2) is 24.3 Å². The van der Waals surface area contributed by atoms with Crippen LogP contribution in [-0.4, -0.2) is 62.0 Å². The number of rotatable bonds is 8. The van der Waals surface area contributed by atoms with Crippen LogP contribution in [0.1, 0.15) is 25.3 Å². The van der Waals surface area contributed by atoms with E-state index in [1.807, 2.05) is 19.2 Å². The molecule has 1 fully saturated rings. The highest BCUT2D eigenvalue weighted by Gasteiger charge is 2.15. The molecule has 5 nitrogen and oxygen atoms in total. The highest BCUT2D eigenvalue weighted by Crippen LogP contribution is 2.13. The van der Waals surface area contributed by atoms with Gasteiger partial charge in [0, 0.05) is 44.8 Å². The third-order valence-electron chi connectivity index (χ3n) is 4.39. The molecule has 0 atom stereocenters. The van der Waals surface area contributed by atoms with E-state index in [2.05, 4.69) is 39.5 Å². The molecule has 0 radical (unpaired) electrons. The molecule has 0 aromatic heterocycles. The molecule has 23 heavy (non-hydrogen) atoms. The average Bonchev–Trinajstić information content (AvgIpc) is 2.57. The number of nitrogens with zero attached hydrogens (tertiary/aromatic N) is 2. The number of piperazine rings is 1. The smallest absolute Gasteiger partial charge is 0.224 e. The quantitative estimate of drug-likeness (QED) is 0.717. The second-order valence-corrected chi connectivity index (χ2v) is 6.16. The number of benzene rings is 1. The number of nitrogens with one attached hydrogen (secondary N) is 2. The molecular weight excluding hydrogens is 288 g/mol. The van der Waals surface area contributed by atoms with Gasteiger partial charge in [-0.3, -0.25) is 9.69 Å². The molecule has 1 aromatic carbocycles. The fraction of sp³-hybridized carbons (Fsp3) is 0.611. The van der Waals surface area contributed by atoms with Gasteiger partial charge in [-0.2, -0.15) is 0 Å². The summed E-state index contributed by atoms with van der Waals surface area (Å²) in [6, 6.07) is 8.26. The molecule has 5 heteroatoms. The van der Waals surface area contributed by atoms with E-state index in [1.54, 1.807) is 0 Å². The highest BCUT2D eigenvalue weighted by molar-refractivity contribution is 5.90. The standard InChI is InChI=1S/C18H30N4O/c1-3-21-11-13-22(14-12-21)15-16-6-8-17(9-7-16)20-18(23)5-4-10-19-2/h6-9,19H,3-5,10-15H2,1-2H3,(H,20,23). The third kappa shape index (κ3) is 6.29. The van der Waals surface area contributed by atoms with Gasteiger partial charge in [0.05, 0.1) is 0 Å². The number of amides is 1. The Balaban J connectivity index is 1.75. The summed E-state index contributed by atoms with van der Waals surface area (Å²) in [6.07, 6.45) is 1.43.